The molecule has 0 atom stereocenters. The molecule has 0 unspecified atom stereocenters. The average Bonchev–Trinajstić information content (AvgIpc) is 2.52. The van der Waals surface area contributed by atoms with Gasteiger partial charge in [0.2, 0.25) is 0 Å². The van der Waals surface area contributed by atoms with Crippen LogP contribution in [-0.4, -0.2) is 5.71 Å². The van der Waals surface area contributed by atoms with E-state index >= 15 is 0 Å². The van der Waals surface area contributed by atoms with E-state index < -0.39 is 0 Å². The SMILES string of the molecule is C/C(CC/C=C/c1ccccc1)=N\Nc1ccccc1. The molecule has 2 aromatic carbocycles. The van der Waals surface area contributed by atoms with Crippen LogP contribution in [0.4, 0.5) is 5.69 Å². The number of anilines is 1. The third-order valence-electron chi connectivity index (χ3n) is 2.93. The Hall–Kier alpha value is -2.35. The zero-order chi connectivity index (χ0) is 14.0. The predicted molar refractivity (Wildman–Crippen MR) is 87.9 cm³/mol. The lowest BCUT2D eigenvalue weighted by Crippen LogP contribution is -1.96. The first kappa shape index (κ1) is 14.1. The minimum atomic E-state index is 0.961. The van der Waals surface area contributed by atoms with Gasteiger partial charge < -0.3 is 0 Å². The summed E-state index contributed by atoms with van der Waals surface area (Å²) >= 11 is 0. The van der Waals surface area contributed by atoms with Crippen molar-refractivity contribution in [3.8, 4) is 0 Å². The number of rotatable bonds is 6. The molecule has 2 nitrogen and oxygen atoms in total. The summed E-state index contributed by atoms with van der Waals surface area (Å²) < 4.78 is 0. The Kier molecular flexibility index (Phi) is 5.59. The molecule has 0 spiro atoms. The summed E-state index contributed by atoms with van der Waals surface area (Å²) in [6.45, 7) is 2.05. The molecule has 20 heavy (non-hydrogen) atoms. The first-order valence-electron chi connectivity index (χ1n) is 6.90. The quantitative estimate of drug-likeness (QED) is 0.578. The minimum absolute atomic E-state index is 0.961. The maximum Gasteiger partial charge on any atom is 0.0561 e. The van der Waals surface area contributed by atoms with Crippen molar-refractivity contribution in [3.05, 3.63) is 72.3 Å². The Balaban J connectivity index is 1.75. The fraction of sp³-hybridized carbons (Fsp3) is 0.167. The molecule has 2 aromatic rings. The number of para-hydroxylation sites is 1. The minimum Gasteiger partial charge on any atom is -0.279 e. The van der Waals surface area contributed by atoms with E-state index in [1.807, 2.05) is 43.3 Å². The molecule has 0 radical (unpaired) electrons. The van der Waals surface area contributed by atoms with Gasteiger partial charge in [-0.1, -0.05) is 60.7 Å². The van der Waals surface area contributed by atoms with Crippen LogP contribution in [0, 0.1) is 0 Å². The molecule has 0 fully saturated rings. The van der Waals surface area contributed by atoms with Crippen LogP contribution in [0.5, 0.6) is 0 Å². The highest BCUT2D eigenvalue weighted by atomic mass is 15.3. The van der Waals surface area contributed by atoms with Gasteiger partial charge in [-0.25, -0.2) is 0 Å². The third-order valence-corrected chi connectivity index (χ3v) is 2.93. The van der Waals surface area contributed by atoms with Gasteiger partial charge in [0.25, 0.3) is 0 Å². The topological polar surface area (TPSA) is 24.4 Å². The number of hydrazone groups is 1. The largest absolute Gasteiger partial charge is 0.279 e. The number of benzene rings is 2. The van der Waals surface area contributed by atoms with Crippen LogP contribution < -0.4 is 5.43 Å². The Morgan fingerprint density at radius 1 is 1.00 bits per heavy atom. The molecule has 1 N–H and O–H groups in total. The van der Waals surface area contributed by atoms with Crippen molar-refractivity contribution in [1.82, 2.24) is 0 Å². The van der Waals surface area contributed by atoms with Crippen molar-refractivity contribution < 1.29 is 0 Å². The van der Waals surface area contributed by atoms with E-state index in [0.717, 1.165) is 24.2 Å². The maximum atomic E-state index is 4.37. The van der Waals surface area contributed by atoms with Crippen LogP contribution in [0.25, 0.3) is 6.08 Å². The smallest absolute Gasteiger partial charge is 0.0561 e. The van der Waals surface area contributed by atoms with Crippen molar-refractivity contribution in [2.45, 2.75) is 19.8 Å². The van der Waals surface area contributed by atoms with Crippen LogP contribution in [-0.2, 0) is 0 Å². The highest BCUT2D eigenvalue weighted by Crippen LogP contribution is 2.06. The number of allylic oxidation sites excluding steroid dienone is 1. The van der Waals surface area contributed by atoms with Crippen molar-refractivity contribution >= 4 is 17.5 Å². The molecule has 0 heterocycles. The first-order chi connectivity index (χ1) is 9.84. The average molecular weight is 264 g/mol. The van der Waals surface area contributed by atoms with Crippen molar-refractivity contribution in [2.24, 2.45) is 5.10 Å². The number of nitrogens with zero attached hydrogens (tertiary/aromatic N) is 1. The summed E-state index contributed by atoms with van der Waals surface area (Å²) in [5.41, 5.74) is 6.43. The van der Waals surface area contributed by atoms with E-state index in [0.29, 0.717) is 0 Å². The summed E-state index contributed by atoms with van der Waals surface area (Å²) in [4.78, 5) is 0. The molecule has 0 aromatic heterocycles. The van der Waals surface area contributed by atoms with E-state index in [4.69, 9.17) is 0 Å². The Bertz CT molecular complexity index is 556. The van der Waals surface area contributed by atoms with Crippen molar-refractivity contribution in [1.29, 1.82) is 0 Å². The molecular weight excluding hydrogens is 244 g/mol. The van der Waals surface area contributed by atoms with Crippen LogP contribution in [0.2, 0.25) is 0 Å². The lowest BCUT2D eigenvalue weighted by Gasteiger charge is -2.01. The van der Waals surface area contributed by atoms with E-state index in [1.165, 1.54) is 5.56 Å². The maximum absolute atomic E-state index is 4.37. The van der Waals surface area contributed by atoms with Crippen LogP contribution in [0.15, 0.2) is 71.8 Å². The van der Waals surface area contributed by atoms with Crippen molar-refractivity contribution in [3.63, 3.8) is 0 Å². The summed E-state index contributed by atoms with van der Waals surface area (Å²) in [5.74, 6) is 0. The zero-order valence-electron chi connectivity index (χ0n) is 11.8. The molecule has 0 amide bonds. The van der Waals surface area contributed by atoms with Crippen LogP contribution >= 0.6 is 0 Å². The molecular formula is C18H20N2. The molecule has 0 saturated heterocycles. The number of hydrogen-bond acceptors (Lipinski definition) is 2. The third kappa shape index (κ3) is 5.11. The van der Waals surface area contributed by atoms with E-state index in [2.05, 4.69) is 46.9 Å². The van der Waals surface area contributed by atoms with Gasteiger partial charge >= 0.3 is 0 Å². The molecule has 0 aliphatic carbocycles. The molecule has 0 bridgehead atoms. The van der Waals surface area contributed by atoms with Gasteiger partial charge in [0, 0.05) is 5.71 Å². The van der Waals surface area contributed by atoms with Gasteiger partial charge in [0.05, 0.1) is 5.69 Å². The molecule has 0 saturated carbocycles. The van der Waals surface area contributed by atoms with Crippen LogP contribution in [0.3, 0.4) is 0 Å². The first-order valence-corrected chi connectivity index (χ1v) is 6.90. The second-order valence-corrected chi connectivity index (χ2v) is 4.68. The molecule has 0 aliphatic heterocycles. The lowest BCUT2D eigenvalue weighted by atomic mass is 10.1. The van der Waals surface area contributed by atoms with Gasteiger partial charge in [0.15, 0.2) is 0 Å². The Morgan fingerprint density at radius 3 is 2.35 bits per heavy atom. The second kappa shape index (κ2) is 7.95. The second-order valence-electron chi connectivity index (χ2n) is 4.68. The summed E-state index contributed by atoms with van der Waals surface area (Å²) in [7, 11) is 0. The van der Waals surface area contributed by atoms with Gasteiger partial charge in [0.1, 0.15) is 0 Å². The molecule has 2 heteroatoms. The van der Waals surface area contributed by atoms with Gasteiger partial charge in [-0.15, -0.1) is 0 Å². The summed E-state index contributed by atoms with van der Waals surface area (Å²) in [5, 5.41) is 4.37. The summed E-state index contributed by atoms with van der Waals surface area (Å²) in [6, 6.07) is 20.3. The van der Waals surface area contributed by atoms with E-state index in [9.17, 15) is 0 Å². The Labute approximate surface area is 120 Å². The van der Waals surface area contributed by atoms with Crippen molar-refractivity contribution in [2.75, 3.05) is 5.43 Å². The normalized spacial score (nSPS) is 11.8. The number of nitrogens with one attached hydrogen (secondary N) is 1. The monoisotopic (exact) mass is 264 g/mol. The zero-order valence-corrected chi connectivity index (χ0v) is 11.8. The summed E-state index contributed by atoms with van der Waals surface area (Å²) in [6.07, 6.45) is 6.30. The van der Waals surface area contributed by atoms with Crippen LogP contribution in [0.1, 0.15) is 25.3 Å². The lowest BCUT2D eigenvalue weighted by molar-refractivity contribution is 1.08. The van der Waals surface area contributed by atoms with E-state index in [1.54, 1.807) is 0 Å². The Morgan fingerprint density at radius 2 is 1.65 bits per heavy atom. The van der Waals surface area contributed by atoms with E-state index in [-0.39, 0.29) is 0 Å². The predicted octanol–water partition coefficient (Wildman–Crippen LogP) is 4.97. The molecule has 0 aliphatic rings. The number of hydrogen-bond donors (Lipinski definition) is 1. The highest BCUT2D eigenvalue weighted by Gasteiger charge is 1.91. The van der Waals surface area contributed by atoms with Gasteiger partial charge in [-0.2, -0.15) is 5.10 Å². The standard InChI is InChI=1S/C18H20N2/c1-16(19-20-18-14-6-3-7-15-18)10-8-9-13-17-11-4-2-5-12-17/h2-7,9,11-15,20H,8,10H2,1H3/b13-9+,19-16+. The van der Waals surface area contributed by atoms with Gasteiger partial charge in [-0.3, -0.25) is 5.43 Å². The van der Waals surface area contributed by atoms with Gasteiger partial charge in [-0.05, 0) is 37.5 Å². The molecule has 2 rings (SSSR count). The fourth-order valence-electron chi connectivity index (χ4n) is 1.80. The fourth-order valence-corrected chi connectivity index (χ4v) is 1.80. The highest BCUT2D eigenvalue weighted by molar-refractivity contribution is 5.82. The molecule has 102 valence electrons.